The van der Waals surface area contributed by atoms with E-state index in [0.717, 1.165) is 37.3 Å². The summed E-state index contributed by atoms with van der Waals surface area (Å²) in [5.74, 6) is 0.733. The first kappa shape index (κ1) is 14.8. The molecule has 1 fully saturated rings. The predicted octanol–water partition coefficient (Wildman–Crippen LogP) is 2.28. The Morgan fingerprint density at radius 3 is 2.86 bits per heavy atom. The first-order chi connectivity index (χ1) is 10.6. The Morgan fingerprint density at radius 1 is 1.36 bits per heavy atom. The van der Waals surface area contributed by atoms with Gasteiger partial charge in [-0.25, -0.2) is 0 Å². The van der Waals surface area contributed by atoms with Gasteiger partial charge in [-0.05, 0) is 42.9 Å². The summed E-state index contributed by atoms with van der Waals surface area (Å²) < 4.78 is 1.83. The smallest absolute Gasteiger partial charge is 0.219 e. The average Bonchev–Trinajstić information content (AvgIpc) is 2.94. The monoisotopic (exact) mass is 298 g/mol. The number of pyridine rings is 1. The van der Waals surface area contributed by atoms with E-state index in [9.17, 15) is 4.79 Å². The van der Waals surface area contributed by atoms with E-state index >= 15 is 0 Å². The van der Waals surface area contributed by atoms with Crippen molar-refractivity contribution in [1.82, 2.24) is 19.7 Å². The molecule has 0 aliphatic carbocycles. The van der Waals surface area contributed by atoms with Crippen LogP contribution in [-0.4, -0.2) is 38.7 Å². The van der Waals surface area contributed by atoms with Crippen molar-refractivity contribution in [3.05, 3.63) is 36.2 Å². The molecule has 22 heavy (non-hydrogen) atoms. The molecule has 3 rings (SSSR count). The number of hydrogen-bond donors (Lipinski definition) is 0. The van der Waals surface area contributed by atoms with Gasteiger partial charge in [0.25, 0.3) is 0 Å². The summed E-state index contributed by atoms with van der Waals surface area (Å²) in [5, 5.41) is 4.17. The van der Waals surface area contributed by atoms with Gasteiger partial charge in [0.2, 0.25) is 5.91 Å². The Kier molecular flexibility index (Phi) is 4.22. The van der Waals surface area contributed by atoms with Crippen LogP contribution in [0.15, 0.2) is 30.6 Å². The molecule has 0 aromatic carbocycles. The third-order valence-electron chi connectivity index (χ3n) is 4.40. The van der Waals surface area contributed by atoms with Gasteiger partial charge in [0, 0.05) is 39.5 Å². The molecule has 1 atom stereocenters. The number of likely N-dealkylation sites (tertiary alicyclic amines) is 1. The summed E-state index contributed by atoms with van der Waals surface area (Å²) in [7, 11) is 1.92. The maximum Gasteiger partial charge on any atom is 0.219 e. The van der Waals surface area contributed by atoms with Gasteiger partial charge in [0.15, 0.2) is 0 Å². The zero-order valence-electron chi connectivity index (χ0n) is 13.2. The van der Waals surface area contributed by atoms with Crippen LogP contribution in [0.5, 0.6) is 0 Å². The molecular formula is C17H22N4O. The maximum absolute atomic E-state index is 11.5. The number of carbonyl (C=O) groups excluding carboxylic acids is 1. The maximum atomic E-state index is 11.5. The molecule has 0 N–H and O–H groups in total. The molecule has 3 heterocycles. The van der Waals surface area contributed by atoms with Gasteiger partial charge in [0.1, 0.15) is 0 Å². The van der Waals surface area contributed by atoms with Crippen LogP contribution in [0.3, 0.4) is 0 Å². The molecule has 1 amide bonds. The normalized spacial score (nSPS) is 18.5. The Labute approximate surface area is 131 Å². The summed E-state index contributed by atoms with van der Waals surface area (Å²) in [4.78, 5) is 18.0. The minimum atomic E-state index is 0.189. The molecular weight excluding hydrogens is 276 g/mol. The molecule has 1 aliphatic heterocycles. The second-order valence-electron chi connectivity index (χ2n) is 6.07. The Bertz CT molecular complexity index is 647. The topological polar surface area (TPSA) is 51.0 Å². The summed E-state index contributed by atoms with van der Waals surface area (Å²) in [5.41, 5.74) is 3.20. The van der Waals surface area contributed by atoms with Gasteiger partial charge in [-0.1, -0.05) is 6.07 Å². The van der Waals surface area contributed by atoms with Crippen molar-refractivity contribution in [2.45, 2.75) is 26.2 Å². The highest BCUT2D eigenvalue weighted by atomic mass is 16.2. The first-order valence-corrected chi connectivity index (χ1v) is 7.82. The zero-order valence-corrected chi connectivity index (χ0v) is 13.2. The number of carbonyl (C=O) groups is 1. The van der Waals surface area contributed by atoms with Crippen LogP contribution in [-0.2, 0) is 18.3 Å². The van der Waals surface area contributed by atoms with E-state index in [2.05, 4.69) is 22.2 Å². The minimum Gasteiger partial charge on any atom is -0.343 e. The van der Waals surface area contributed by atoms with Crippen molar-refractivity contribution in [2.75, 3.05) is 13.1 Å². The Balaban J connectivity index is 1.66. The van der Waals surface area contributed by atoms with Crippen molar-refractivity contribution in [3.63, 3.8) is 0 Å². The molecule has 2 aromatic heterocycles. The van der Waals surface area contributed by atoms with Gasteiger partial charge in [-0.2, -0.15) is 5.10 Å². The predicted molar refractivity (Wildman–Crippen MR) is 85.1 cm³/mol. The highest BCUT2D eigenvalue weighted by Gasteiger charge is 2.21. The lowest BCUT2D eigenvalue weighted by Gasteiger charge is -2.32. The number of aromatic nitrogens is 3. The quantitative estimate of drug-likeness (QED) is 0.873. The van der Waals surface area contributed by atoms with E-state index in [0.29, 0.717) is 5.92 Å². The fraction of sp³-hybridized carbons (Fsp3) is 0.471. The molecule has 0 saturated carbocycles. The van der Waals surface area contributed by atoms with E-state index in [4.69, 9.17) is 0 Å². The molecule has 116 valence electrons. The van der Waals surface area contributed by atoms with Gasteiger partial charge in [-0.3, -0.25) is 14.5 Å². The molecule has 1 saturated heterocycles. The van der Waals surface area contributed by atoms with Crippen molar-refractivity contribution in [2.24, 2.45) is 13.0 Å². The summed E-state index contributed by atoms with van der Waals surface area (Å²) in [6.07, 6.45) is 7.01. The molecule has 0 unspecified atom stereocenters. The van der Waals surface area contributed by atoms with E-state index in [1.54, 1.807) is 13.1 Å². The number of amides is 1. The first-order valence-electron chi connectivity index (χ1n) is 7.82. The van der Waals surface area contributed by atoms with Crippen LogP contribution in [0.1, 0.15) is 25.3 Å². The van der Waals surface area contributed by atoms with E-state index < -0.39 is 0 Å². The van der Waals surface area contributed by atoms with Crippen LogP contribution in [0.2, 0.25) is 0 Å². The fourth-order valence-corrected chi connectivity index (χ4v) is 3.17. The fourth-order valence-electron chi connectivity index (χ4n) is 3.17. The Hall–Kier alpha value is -2.17. The number of hydrogen-bond acceptors (Lipinski definition) is 3. The van der Waals surface area contributed by atoms with Gasteiger partial charge < -0.3 is 4.90 Å². The molecule has 0 bridgehead atoms. The molecule has 1 aliphatic rings. The van der Waals surface area contributed by atoms with E-state index in [1.807, 2.05) is 28.9 Å². The van der Waals surface area contributed by atoms with Gasteiger partial charge >= 0.3 is 0 Å². The molecule has 2 aromatic rings. The van der Waals surface area contributed by atoms with Gasteiger partial charge in [-0.15, -0.1) is 0 Å². The van der Waals surface area contributed by atoms with Crippen LogP contribution in [0, 0.1) is 5.92 Å². The lowest BCUT2D eigenvalue weighted by atomic mass is 9.92. The Morgan fingerprint density at radius 2 is 2.23 bits per heavy atom. The third kappa shape index (κ3) is 3.18. The van der Waals surface area contributed by atoms with Gasteiger partial charge in [0.05, 0.1) is 11.4 Å². The minimum absolute atomic E-state index is 0.189. The largest absolute Gasteiger partial charge is 0.343 e. The standard InChI is InChI=1S/C17H22N4O/c1-13(22)21-9-3-4-15(12-21)10-14-5-6-16(18-11-14)17-7-8-19-20(17)2/h5-8,11,15H,3-4,9-10,12H2,1-2H3/t15-/m0/s1. The SMILES string of the molecule is CC(=O)N1CCC[C@@H](Cc2ccc(-c3ccnn3C)nc2)C1. The number of rotatable bonds is 3. The van der Waals surface area contributed by atoms with E-state index in [1.165, 1.54) is 12.0 Å². The number of aryl methyl sites for hydroxylation is 1. The van der Waals surface area contributed by atoms with Crippen LogP contribution in [0.25, 0.3) is 11.4 Å². The highest BCUT2D eigenvalue weighted by Crippen LogP contribution is 2.22. The molecule has 5 heteroatoms. The molecule has 5 nitrogen and oxygen atoms in total. The second kappa shape index (κ2) is 6.30. The second-order valence-corrected chi connectivity index (χ2v) is 6.07. The van der Waals surface area contributed by atoms with Crippen molar-refractivity contribution >= 4 is 5.91 Å². The lowest BCUT2D eigenvalue weighted by molar-refractivity contribution is -0.130. The lowest BCUT2D eigenvalue weighted by Crippen LogP contribution is -2.39. The number of piperidine rings is 1. The molecule has 0 radical (unpaired) electrons. The third-order valence-corrected chi connectivity index (χ3v) is 4.40. The van der Waals surface area contributed by atoms with Crippen LogP contribution < -0.4 is 0 Å². The van der Waals surface area contributed by atoms with Crippen molar-refractivity contribution in [1.29, 1.82) is 0 Å². The summed E-state index contributed by atoms with van der Waals surface area (Å²) >= 11 is 0. The zero-order chi connectivity index (χ0) is 15.5. The average molecular weight is 298 g/mol. The van der Waals surface area contributed by atoms with Crippen molar-refractivity contribution < 1.29 is 4.79 Å². The van der Waals surface area contributed by atoms with E-state index in [-0.39, 0.29) is 5.91 Å². The van der Waals surface area contributed by atoms with Crippen molar-refractivity contribution in [3.8, 4) is 11.4 Å². The van der Waals surface area contributed by atoms with Crippen LogP contribution in [0.4, 0.5) is 0 Å². The molecule has 0 spiro atoms. The summed E-state index contributed by atoms with van der Waals surface area (Å²) in [6, 6.07) is 6.16. The summed E-state index contributed by atoms with van der Waals surface area (Å²) in [6.45, 7) is 3.44. The highest BCUT2D eigenvalue weighted by molar-refractivity contribution is 5.73. The van der Waals surface area contributed by atoms with Crippen LogP contribution >= 0.6 is 0 Å². The number of nitrogens with zero attached hydrogens (tertiary/aromatic N) is 4.